The van der Waals surface area contributed by atoms with E-state index in [9.17, 15) is 14.5 Å². The van der Waals surface area contributed by atoms with Gasteiger partial charge in [-0.3, -0.25) is 15.0 Å². The second-order valence-electron chi connectivity index (χ2n) is 5.48. The van der Waals surface area contributed by atoms with E-state index in [1.165, 1.54) is 19.2 Å². The summed E-state index contributed by atoms with van der Waals surface area (Å²) in [5.41, 5.74) is -0.0411. The molecule has 2 rings (SSSR count). The number of piperazine rings is 1. The van der Waals surface area contributed by atoms with Crippen molar-refractivity contribution in [1.82, 2.24) is 9.80 Å². The molecule has 1 heterocycles. The van der Waals surface area contributed by atoms with Crippen molar-refractivity contribution in [2.24, 2.45) is 0 Å². The highest BCUT2D eigenvalue weighted by atomic mass is 19.1. The summed E-state index contributed by atoms with van der Waals surface area (Å²) in [5, 5.41) is 10.7. The summed E-state index contributed by atoms with van der Waals surface area (Å²) in [4.78, 5) is 24.0. The summed E-state index contributed by atoms with van der Waals surface area (Å²) >= 11 is 0. The number of hydrogen-bond acceptors (Lipinski definition) is 6. The van der Waals surface area contributed by atoms with Crippen molar-refractivity contribution in [3.8, 4) is 0 Å². The van der Waals surface area contributed by atoms with Crippen LogP contribution < -0.4 is 0 Å². The Morgan fingerprint density at radius 1 is 1.26 bits per heavy atom. The lowest BCUT2D eigenvalue weighted by atomic mass is 10.1. The van der Waals surface area contributed by atoms with E-state index >= 15 is 0 Å². The fraction of sp³-hybridized carbons (Fsp3) is 0.600. The van der Waals surface area contributed by atoms with Gasteiger partial charge in [-0.15, -0.1) is 0 Å². The first-order valence-corrected chi connectivity index (χ1v) is 7.64. The Balaban J connectivity index is 1.74. The molecule has 1 aromatic carbocycles. The Hall–Kier alpha value is -1.61. The molecule has 0 saturated carbocycles. The summed E-state index contributed by atoms with van der Waals surface area (Å²) in [6.07, 6.45) is 1.27. The normalized spacial score (nSPS) is 16.6. The predicted octanol–water partition coefficient (Wildman–Crippen LogP) is 1.82. The monoisotopic (exact) mass is 327 g/mol. The van der Waals surface area contributed by atoms with Gasteiger partial charge in [0.15, 0.2) is 0 Å². The number of rotatable bonds is 8. The lowest BCUT2D eigenvalue weighted by Gasteiger charge is -2.33. The molecule has 1 fully saturated rings. The van der Waals surface area contributed by atoms with Crippen LogP contribution in [0.25, 0.3) is 0 Å². The second kappa shape index (κ2) is 8.88. The zero-order valence-corrected chi connectivity index (χ0v) is 13.2. The third-order valence-electron chi connectivity index (χ3n) is 3.99. The van der Waals surface area contributed by atoms with Crippen LogP contribution in [0.2, 0.25) is 0 Å². The average molecular weight is 327 g/mol. The van der Waals surface area contributed by atoms with Gasteiger partial charge in [-0.1, -0.05) is 12.1 Å². The van der Waals surface area contributed by atoms with Gasteiger partial charge in [-0.2, -0.15) is 4.39 Å². The quantitative estimate of drug-likeness (QED) is 0.412. The van der Waals surface area contributed by atoms with E-state index in [0.717, 1.165) is 39.1 Å². The average Bonchev–Trinajstić information content (AvgIpc) is 2.55. The molecule has 0 aromatic heterocycles. The van der Waals surface area contributed by atoms with E-state index in [1.807, 2.05) is 0 Å². The van der Waals surface area contributed by atoms with Gasteiger partial charge >= 0.3 is 5.69 Å². The number of nitro groups is 1. The van der Waals surface area contributed by atoms with Crippen LogP contribution in [0.4, 0.5) is 10.1 Å². The molecule has 8 heteroatoms. The van der Waals surface area contributed by atoms with E-state index in [-0.39, 0.29) is 0 Å². The number of hydrogen-bond donors (Lipinski definition) is 0. The molecule has 0 aliphatic carbocycles. The maximum absolute atomic E-state index is 14.0. The topological polar surface area (TPSA) is 68.1 Å². The standard InChI is InChI=1S/C15H22FN3O4/c1-22-23-12-18-10-8-17(9-11-18)7-3-5-13-4-2-6-14(15(13)16)19(20)21/h2,4,6H,3,5,7-12H2,1H3. The van der Waals surface area contributed by atoms with Crippen LogP contribution in [0.3, 0.4) is 0 Å². The van der Waals surface area contributed by atoms with Crippen LogP contribution in [0, 0.1) is 15.9 Å². The molecule has 1 aliphatic heterocycles. The van der Waals surface area contributed by atoms with Crippen molar-refractivity contribution in [3.63, 3.8) is 0 Å². The van der Waals surface area contributed by atoms with Gasteiger partial charge in [-0.05, 0) is 24.9 Å². The maximum Gasteiger partial charge on any atom is 0.305 e. The third-order valence-corrected chi connectivity index (χ3v) is 3.99. The zero-order chi connectivity index (χ0) is 16.7. The van der Waals surface area contributed by atoms with Crippen molar-refractivity contribution in [1.29, 1.82) is 0 Å². The van der Waals surface area contributed by atoms with Gasteiger partial charge in [0.2, 0.25) is 5.82 Å². The molecule has 0 amide bonds. The van der Waals surface area contributed by atoms with E-state index in [4.69, 9.17) is 4.89 Å². The van der Waals surface area contributed by atoms with Crippen LogP contribution in [0.5, 0.6) is 0 Å². The summed E-state index contributed by atoms with van der Waals surface area (Å²) in [6, 6.07) is 4.34. The highest BCUT2D eigenvalue weighted by Crippen LogP contribution is 2.21. The summed E-state index contributed by atoms with van der Waals surface area (Å²) in [7, 11) is 1.49. The number of halogens is 1. The number of nitro benzene ring substituents is 1. The molecule has 7 nitrogen and oxygen atoms in total. The second-order valence-corrected chi connectivity index (χ2v) is 5.48. The van der Waals surface area contributed by atoms with Crippen molar-refractivity contribution in [3.05, 3.63) is 39.7 Å². The summed E-state index contributed by atoms with van der Waals surface area (Å²) < 4.78 is 14.0. The van der Waals surface area contributed by atoms with Gasteiger partial charge in [0.25, 0.3) is 0 Å². The van der Waals surface area contributed by atoms with Crippen LogP contribution >= 0.6 is 0 Å². The van der Waals surface area contributed by atoms with Gasteiger partial charge in [0.05, 0.1) is 12.0 Å². The molecule has 1 saturated heterocycles. The summed E-state index contributed by atoms with van der Waals surface area (Å²) in [6.45, 7) is 4.95. The first kappa shape index (κ1) is 17.7. The number of aryl methyl sites for hydroxylation is 1. The smallest absolute Gasteiger partial charge is 0.301 e. The molecule has 0 N–H and O–H groups in total. The molecule has 128 valence electrons. The fourth-order valence-corrected chi connectivity index (χ4v) is 2.66. The highest BCUT2D eigenvalue weighted by Gasteiger charge is 2.19. The van der Waals surface area contributed by atoms with Crippen molar-refractivity contribution >= 4 is 5.69 Å². The molecule has 1 aromatic rings. The number of benzene rings is 1. The van der Waals surface area contributed by atoms with Crippen molar-refractivity contribution < 1.29 is 19.1 Å². The van der Waals surface area contributed by atoms with Gasteiger partial charge in [0.1, 0.15) is 6.73 Å². The van der Waals surface area contributed by atoms with E-state index in [0.29, 0.717) is 18.7 Å². The van der Waals surface area contributed by atoms with Crippen molar-refractivity contribution in [2.75, 3.05) is 46.6 Å². The third kappa shape index (κ3) is 5.21. The largest absolute Gasteiger partial charge is 0.305 e. The van der Waals surface area contributed by atoms with Crippen LogP contribution in [-0.2, 0) is 16.2 Å². The lowest BCUT2D eigenvalue weighted by molar-refractivity contribution is -0.387. The SMILES string of the molecule is COOCN1CCN(CCCc2cccc([N+](=O)[O-])c2F)CC1. The van der Waals surface area contributed by atoms with Crippen LogP contribution in [0.1, 0.15) is 12.0 Å². The van der Waals surface area contributed by atoms with E-state index in [1.54, 1.807) is 6.07 Å². The minimum Gasteiger partial charge on any atom is -0.301 e. The lowest BCUT2D eigenvalue weighted by Crippen LogP contribution is -2.47. The minimum absolute atomic E-state index is 0.409. The Morgan fingerprint density at radius 3 is 2.61 bits per heavy atom. The fourth-order valence-electron chi connectivity index (χ4n) is 2.66. The molecule has 0 radical (unpaired) electrons. The molecule has 0 unspecified atom stereocenters. The van der Waals surface area contributed by atoms with Crippen molar-refractivity contribution in [2.45, 2.75) is 12.8 Å². The predicted molar refractivity (Wildman–Crippen MR) is 82.3 cm³/mol. The first-order chi connectivity index (χ1) is 11.1. The van der Waals surface area contributed by atoms with Gasteiger partial charge in [0, 0.05) is 32.2 Å². The molecule has 1 aliphatic rings. The molecule has 0 atom stereocenters. The van der Waals surface area contributed by atoms with Crippen LogP contribution in [0.15, 0.2) is 18.2 Å². The molecular formula is C15H22FN3O4. The molecule has 0 bridgehead atoms. The molecular weight excluding hydrogens is 305 g/mol. The van der Waals surface area contributed by atoms with E-state index < -0.39 is 16.4 Å². The summed E-state index contributed by atoms with van der Waals surface area (Å²) in [5.74, 6) is -0.709. The highest BCUT2D eigenvalue weighted by molar-refractivity contribution is 5.36. The maximum atomic E-state index is 14.0. The Morgan fingerprint density at radius 2 is 1.96 bits per heavy atom. The first-order valence-electron chi connectivity index (χ1n) is 7.64. The molecule has 0 spiro atoms. The Labute approximate surface area is 134 Å². The zero-order valence-electron chi connectivity index (χ0n) is 13.2. The Kier molecular flexibility index (Phi) is 6.85. The molecule has 23 heavy (non-hydrogen) atoms. The van der Waals surface area contributed by atoms with Gasteiger partial charge in [-0.25, -0.2) is 9.78 Å². The van der Waals surface area contributed by atoms with Crippen LogP contribution in [-0.4, -0.2) is 61.3 Å². The van der Waals surface area contributed by atoms with E-state index in [2.05, 4.69) is 14.7 Å². The Bertz CT molecular complexity index is 521. The van der Waals surface area contributed by atoms with Gasteiger partial charge < -0.3 is 4.90 Å². The number of nitrogens with zero attached hydrogens (tertiary/aromatic N) is 3. The minimum atomic E-state index is -0.709.